The second-order valence-corrected chi connectivity index (χ2v) is 5.17. The molecule has 1 aliphatic rings. The summed E-state index contributed by atoms with van der Waals surface area (Å²) in [6, 6.07) is 9.83. The van der Waals surface area contributed by atoms with Gasteiger partial charge in [-0.05, 0) is 18.2 Å². The first-order valence-electron chi connectivity index (χ1n) is 6.78. The van der Waals surface area contributed by atoms with E-state index in [0.29, 0.717) is 19.6 Å². The van der Waals surface area contributed by atoms with E-state index in [4.69, 9.17) is 5.26 Å². The summed E-state index contributed by atoms with van der Waals surface area (Å²) in [4.78, 5) is 18.4. The average molecular weight is 272 g/mol. The van der Waals surface area contributed by atoms with E-state index in [1.807, 2.05) is 48.2 Å². The van der Waals surface area contributed by atoms with Crippen molar-refractivity contribution in [2.45, 2.75) is 0 Å². The molecule has 0 N–H and O–H groups in total. The number of hydrogen-bond acceptors (Lipinski definition) is 4. The van der Waals surface area contributed by atoms with Crippen LogP contribution in [0.15, 0.2) is 24.3 Å². The van der Waals surface area contributed by atoms with Gasteiger partial charge in [-0.3, -0.25) is 9.69 Å². The Kier molecular flexibility index (Phi) is 4.59. The number of hydrogen-bond donors (Lipinski definition) is 0. The number of amides is 1. The van der Waals surface area contributed by atoms with Crippen molar-refractivity contribution < 1.29 is 4.79 Å². The van der Waals surface area contributed by atoms with E-state index in [0.717, 1.165) is 24.3 Å². The molecule has 1 aromatic rings. The van der Waals surface area contributed by atoms with Gasteiger partial charge in [0.2, 0.25) is 0 Å². The average Bonchev–Trinajstić information content (AvgIpc) is 2.48. The lowest BCUT2D eigenvalue weighted by molar-refractivity contribution is 0.0652. The molecule has 1 aromatic carbocycles. The zero-order chi connectivity index (χ0) is 14.5. The summed E-state index contributed by atoms with van der Waals surface area (Å²) in [5.41, 5.74) is 1.75. The second kappa shape index (κ2) is 6.40. The maximum atomic E-state index is 12.5. The van der Waals surface area contributed by atoms with E-state index in [9.17, 15) is 4.79 Å². The highest BCUT2D eigenvalue weighted by molar-refractivity contribution is 5.95. The molecule has 0 radical (unpaired) electrons. The molecule has 1 saturated heterocycles. The minimum atomic E-state index is 0.0744. The molecule has 5 heteroatoms. The molecule has 0 saturated carbocycles. The van der Waals surface area contributed by atoms with Gasteiger partial charge in [0, 0.05) is 51.5 Å². The van der Waals surface area contributed by atoms with Crippen LogP contribution in [-0.2, 0) is 0 Å². The van der Waals surface area contributed by atoms with Crippen LogP contribution in [0.25, 0.3) is 0 Å². The highest BCUT2D eigenvalue weighted by Gasteiger charge is 2.22. The van der Waals surface area contributed by atoms with E-state index < -0.39 is 0 Å². The molecule has 0 unspecified atom stereocenters. The Bertz CT molecular complexity index is 513. The van der Waals surface area contributed by atoms with Crippen LogP contribution in [0.5, 0.6) is 0 Å². The zero-order valence-corrected chi connectivity index (χ0v) is 12.0. The fraction of sp³-hybridized carbons (Fsp3) is 0.467. The van der Waals surface area contributed by atoms with Gasteiger partial charge in [0.15, 0.2) is 0 Å². The number of benzene rings is 1. The van der Waals surface area contributed by atoms with Crippen LogP contribution in [0.2, 0.25) is 0 Å². The van der Waals surface area contributed by atoms with E-state index in [-0.39, 0.29) is 5.91 Å². The van der Waals surface area contributed by atoms with Gasteiger partial charge in [-0.2, -0.15) is 5.26 Å². The van der Waals surface area contributed by atoms with Crippen LogP contribution in [-0.4, -0.2) is 62.5 Å². The van der Waals surface area contributed by atoms with Crippen molar-refractivity contribution in [3.8, 4) is 6.07 Å². The fourth-order valence-corrected chi connectivity index (χ4v) is 2.31. The van der Waals surface area contributed by atoms with Gasteiger partial charge in [-0.25, -0.2) is 0 Å². The van der Waals surface area contributed by atoms with Crippen LogP contribution < -0.4 is 4.90 Å². The SMILES string of the molecule is CN(C)c1cccc(C(=O)N2CCN(CC#N)CC2)c1. The van der Waals surface area contributed by atoms with Crippen molar-refractivity contribution in [3.63, 3.8) is 0 Å². The predicted octanol–water partition coefficient (Wildman–Crippen LogP) is 1.03. The van der Waals surface area contributed by atoms with Crippen molar-refractivity contribution in [2.75, 3.05) is 51.7 Å². The number of piperazine rings is 1. The topological polar surface area (TPSA) is 50.6 Å². The minimum absolute atomic E-state index is 0.0744. The lowest BCUT2D eigenvalue weighted by Crippen LogP contribution is -2.48. The molecule has 1 amide bonds. The molecule has 0 atom stereocenters. The summed E-state index contributed by atoms with van der Waals surface area (Å²) in [6.45, 7) is 3.36. The lowest BCUT2D eigenvalue weighted by Gasteiger charge is -2.33. The summed E-state index contributed by atoms with van der Waals surface area (Å²) in [6.07, 6.45) is 0. The van der Waals surface area contributed by atoms with Crippen LogP contribution in [0.1, 0.15) is 10.4 Å². The zero-order valence-electron chi connectivity index (χ0n) is 12.0. The van der Waals surface area contributed by atoms with Crippen molar-refractivity contribution in [2.24, 2.45) is 0 Å². The van der Waals surface area contributed by atoms with Crippen molar-refractivity contribution in [1.29, 1.82) is 5.26 Å². The Balaban J connectivity index is 2.02. The highest BCUT2D eigenvalue weighted by Crippen LogP contribution is 2.16. The molecule has 20 heavy (non-hydrogen) atoms. The number of carbonyl (C=O) groups is 1. The Morgan fingerprint density at radius 3 is 2.60 bits per heavy atom. The number of nitriles is 1. The van der Waals surface area contributed by atoms with Crippen molar-refractivity contribution >= 4 is 11.6 Å². The largest absolute Gasteiger partial charge is 0.378 e. The quantitative estimate of drug-likeness (QED) is 0.771. The minimum Gasteiger partial charge on any atom is -0.378 e. The third kappa shape index (κ3) is 3.28. The first kappa shape index (κ1) is 14.4. The van der Waals surface area contributed by atoms with Gasteiger partial charge in [0.05, 0.1) is 12.6 Å². The van der Waals surface area contributed by atoms with Crippen molar-refractivity contribution in [1.82, 2.24) is 9.80 Å². The van der Waals surface area contributed by atoms with Gasteiger partial charge in [0.25, 0.3) is 5.91 Å². The van der Waals surface area contributed by atoms with E-state index >= 15 is 0 Å². The van der Waals surface area contributed by atoms with E-state index in [1.54, 1.807) is 0 Å². The molecule has 5 nitrogen and oxygen atoms in total. The molecule has 106 valence electrons. The number of nitrogens with zero attached hydrogens (tertiary/aromatic N) is 4. The smallest absolute Gasteiger partial charge is 0.254 e. The molecule has 2 rings (SSSR count). The summed E-state index contributed by atoms with van der Waals surface area (Å²) in [5.74, 6) is 0.0744. The molecule has 1 fully saturated rings. The summed E-state index contributed by atoms with van der Waals surface area (Å²) >= 11 is 0. The van der Waals surface area contributed by atoms with Crippen LogP contribution in [0.3, 0.4) is 0 Å². The van der Waals surface area contributed by atoms with Crippen LogP contribution >= 0.6 is 0 Å². The van der Waals surface area contributed by atoms with Gasteiger partial charge in [0.1, 0.15) is 0 Å². The monoisotopic (exact) mass is 272 g/mol. The van der Waals surface area contributed by atoms with Gasteiger partial charge in [-0.15, -0.1) is 0 Å². The molecular weight excluding hydrogens is 252 g/mol. The summed E-state index contributed by atoms with van der Waals surface area (Å²) in [5, 5.41) is 8.68. The summed E-state index contributed by atoms with van der Waals surface area (Å²) in [7, 11) is 3.93. The highest BCUT2D eigenvalue weighted by atomic mass is 16.2. The third-order valence-corrected chi connectivity index (χ3v) is 3.56. The lowest BCUT2D eigenvalue weighted by atomic mass is 10.1. The molecule has 0 aliphatic carbocycles. The second-order valence-electron chi connectivity index (χ2n) is 5.17. The van der Waals surface area contributed by atoms with Gasteiger partial charge < -0.3 is 9.80 Å². The van der Waals surface area contributed by atoms with Crippen LogP contribution in [0.4, 0.5) is 5.69 Å². The Morgan fingerprint density at radius 1 is 1.30 bits per heavy atom. The van der Waals surface area contributed by atoms with E-state index in [1.165, 1.54) is 0 Å². The Morgan fingerprint density at radius 2 is 2.00 bits per heavy atom. The first-order valence-corrected chi connectivity index (χ1v) is 6.78. The molecule has 0 bridgehead atoms. The van der Waals surface area contributed by atoms with Gasteiger partial charge >= 0.3 is 0 Å². The molecule has 1 aliphatic heterocycles. The number of anilines is 1. The molecule has 1 heterocycles. The Labute approximate surface area is 120 Å². The van der Waals surface area contributed by atoms with Crippen LogP contribution in [0, 0.1) is 11.3 Å². The van der Waals surface area contributed by atoms with Gasteiger partial charge in [-0.1, -0.05) is 6.07 Å². The number of carbonyl (C=O) groups excluding carboxylic acids is 1. The molecule has 0 aromatic heterocycles. The maximum Gasteiger partial charge on any atom is 0.254 e. The standard InChI is InChI=1S/C15H20N4O/c1-17(2)14-5-3-4-13(12-14)15(20)19-10-8-18(7-6-16)9-11-19/h3-5,12H,7-11H2,1-2H3. The predicted molar refractivity (Wildman–Crippen MR) is 78.7 cm³/mol. The normalized spacial score (nSPS) is 15.8. The fourth-order valence-electron chi connectivity index (χ4n) is 2.31. The summed E-state index contributed by atoms with van der Waals surface area (Å²) < 4.78 is 0. The van der Waals surface area contributed by atoms with Crippen molar-refractivity contribution in [3.05, 3.63) is 29.8 Å². The van der Waals surface area contributed by atoms with E-state index in [2.05, 4.69) is 11.0 Å². The third-order valence-electron chi connectivity index (χ3n) is 3.56. The Hall–Kier alpha value is -2.06. The molecule has 0 spiro atoms. The number of rotatable bonds is 3. The first-order chi connectivity index (χ1) is 9.61. The maximum absolute atomic E-state index is 12.5. The molecular formula is C15H20N4O.